The van der Waals surface area contributed by atoms with Gasteiger partial charge in [-0.2, -0.15) is 5.10 Å². The Morgan fingerprint density at radius 3 is 2.33 bits per heavy atom. The molecule has 6 nitrogen and oxygen atoms in total. The van der Waals surface area contributed by atoms with Gasteiger partial charge in [-0.1, -0.05) is 13.8 Å². The zero-order valence-corrected chi connectivity index (χ0v) is 14.5. The normalized spacial score (nSPS) is 14.5. The molecule has 0 radical (unpaired) electrons. The number of anilines is 1. The van der Waals surface area contributed by atoms with Gasteiger partial charge in [0.2, 0.25) is 0 Å². The van der Waals surface area contributed by atoms with Crippen molar-refractivity contribution >= 4 is 23.3 Å². The molecule has 0 unspecified atom stereocenters. The van der Waals surface area contributed by atoms with Crippen LogP contribution in [-0.4, -0.2) is 35.8 Å². The van der Waals surface area contributed by atoms with Crippen molar-refractivity contribution < 1.29 is 14.7 Å². The number of aliphatic carboxylic acids is 1. The SMILES string of the molecule is CCC(CC)(CNC(=O)c1ccc(N2CCC(C)=N2)cc1)C(=O)O. The van der Waals surface area contributed by atoms with Crippen LogP contribution in [0.1, 0.15) is 50.4 Å². The standard InChI is InChI=1S/C18H25N3O3/c1-4-18(5-2,17(23)24)12-19-16(22)14-6-8-15(9-7-14)21-11-10-13(3)20-21/h6-9H,4-5,10-12H2,1-3H3,(H,19,22)(H,23,24). The Hall–Kier alpha value is -2.37. The largest absolute Gasteiger partial charge is 0.481 e. The van der Waals surface area contributed by atoms with Crippen molar-refractivity contribution in [3.63, 3.8) is 0 Å². The Kier molecular flexibility index (Phi) is 5.59. The van der Waals surface area contributed by atoms with E-state index < -0.39 is 11.4 Å². The molecule has 1 aliphatic heterocycles. The summed E-state index contributed by atoms with van der Waals surface area (Å²) < 4.78 is 0. The van der Waals surface area contributed by atoms with Crippen molar-refractivity contribution in [3.05, 3.63) is 29.8 Å². The number of amides is 1. The molecule has 0 spiro atoms. The van der Waals surface area contributed by atoms with Crippen LogP contribution >= 0.6 is 0 Å². The van der Waals surface area contributed by atoms with Gasteiger partial charge in [0.15, 0.2) is 0 Å². The number of hydrazone groups is 1. The lowest BCUT2D eigenvalue weighted by atomic mass is 9.82. The Morgan fingerprint density at radius 2 is 1.88 bits per heavy atom. The van der Waals surface area contributed by atoms with Crippen LogP contribution in [0.15, 0.2) is 29.4 Å². The summed E-state index contributed by atoms with van der Waals surface area (Å²) in [6, 6.07) is 7.21. The molecule has 1 aromatic carbocycles. The minimum Gasteiger partial charge on any atom is -0.481 e. The fraction of sp³-hybridized carbons (Fsp3) is 0.500. The van der Waals surface area contributed by atoms with Crippen LogP contribution in [0.2, 0.25) is 0 Å². The number of carbonyl (C=O) groups excluding carboxylic acids is 1. The highest BCUT2D eigenvalue weighted by atomic mass is 16.4. The second-order valence-corrected chi connectivity index (χ2v) is 6.23. The average molecular weight is 331 g/mol. The molecule has 0 atom stereocenters. The molecular weight excluding hydrogens is 306 g/mol. The molecule has 0 aliphatic carbocycles. The maximum atomic E-state index is 12.3. The molecule has 0 saturated carbocycles. The van der Waals surface area contributed by atoms with Gasteiger partial charge >= 0.3 is 5.97 Å². The smallest absolute Gasteiger partial charge is 0.311 e. The number of benzene rings is 1. The number of carboxylic acid groups (broad SMARTS) is 1. The topological polar surface area (TPSA) is 82.0 Å². The summed E-state index contributed by atoms with van der Waals surface area (Å²) in [7, 11) is 0. The van der Waals surface area contributed by atoms with Crippen LogP contribution in [0, 0.1) is 5.41 Å². The van der Waals surface area contributed by atoms with E-state index in [4.69, 9.17) is 0 Å². The minimum absolute atomic E-state index is 0.130. The van der Waals surface area contributed by atoms with Crippen molar-refractivity contribution in [1.82, 2.24) is 5.32 Å². The van der Waals surface area contributed by atoms with E-state index in [2.05, 4.69) is 10.4 Å². The quantitative estimate of drug-likeness (QED) is 0.805. The first-order chi connectivity index (χ1) is 11.4. The number of nitrogens with zero attached hydrogens (tertiary/aromatic N) is 2. The lowest BCUT2D eigenvalue weighted by Gasteiger charge is -2.26. The van der Waals surface area contributed by atoms with Gasteiger partial charge in [0.1, 0.15) is 0 Å². The Labute approximate surface area is 142 Å². The van der Waals surface area contributed by atoms with Crippen LogP contribution in [0.4, 0.5) is 5.69 Å². The highest BCUT2D eigenvalue weighted by Gasteiger charge is 2.35. The maximum absolute atomic E-state index is 12.3. The van der Waals surface area contributed by atoms with E-state index in [1.165, 1.54) is 0 Å². The summed E-state index contributed by atoms with van der Waals surface area (Å²) in [6.07, 6.45) is 1.91. The van der Waals surface area contributed by atoms with E-state index in [-0.39, 0.29) is 12.5 Å². The minimum atomic E-state index is -0.905. The summed E-state index contributed by atoms with van der Waals surface area (Å²) >= 11 is 0. The van der Waals surface area contributed by atoms with Gasteiger partial charge in [0.25, 0.3) is 5.91 Å². The molecule has 24 heavy (non-hydrogen) atoms. The summed E-state index contributed by atoms with van der Waals surface area (Å²) in [5, 5.41) is 18.5. The van der Waals surface area contributed by atoms with Crippen molar-refractivity contribution in [2.24, 2.45) is 10.5 Å². The molecule has 0 saturated heterocycles. The van der Waals surface area contributed by atoms with Gasteiger partial charge in [0.05, 0.1) is 11.1 Å². The molecule has 6 heteroatoms. The molecule has 0 fully saturated rings. The maximum Gasteiger partial charge on any atom is 0.311 e. The summed E-state index contributed by atoms with van der Waals surface area (Å²) in [5.74, 6) is -1.12. The van der Waals surface area contributed by atoms with Gasteiger partial charge in [-0.3, -0.25) is 14.6 Å². The monoisotopic (exact) mass is 331 g/mol. The fourth-order valence-corrected chi connectivity index (χ4v) is 2.78. The van der Waals surface area contributed by atoms with Crippen molar-refractivity contribution in [3.8, 4) is 0 Å². The van der Waals surface area contributed by atoms with Gasteiger partial charge in [-0.25, -0.2) is 0 Å². The van der Waals surface area contributed by atoms with Gasteiger partial charge in [-0.15, -0.1) is 0 Å². The van der Waals surface area contributed by atoms with E-state index in [0.29, 0.717) is 18.4 Å². The van der Waals surface area contributed by atoms with Crippen LogP contribution in [0.5, 0.6) is 0 Å². The molecule has 0 bridgehead atoms. The predicted octanol–water partition coefficient (Wildman–Crippen LogP) is 2.89. The number of carboxylic acids is 1. The zero-order chi connectivity index (χ0) is 17.7. The third-order valence-corrected chi connectivity index (χ3v) is 4.80. The zero-order valence-electron chi connectivity index (χ0n) is 14.5. The summed E-state index contributed by atoms with van der Waals surface area (Å²) in [5.41, 5.74) is 1.66. The van der Waals surface area contributed by atoms with Crippen LogP contribution in [0.25, 0.3) is 0 Å². The van der Waals surface area contributed by atoms with Crippen molar-refractivity contribution in [1.29, 1.82) is 0 Å². The Morgan fingerprint density at radius 1 is 1.25 bits per heavy atom. The number of carbonyl (C=O) groups is 2. The molecule has 2 rings (SSSR count). The molecule has 1 amide bonds. The van der Waals surface area contributed by atoms with Gasteiger partial charge < -0.3 is 10.4 Å². The molecule has 1 heterocycles. The van der Waals surface area contributed by atoms with Gasteiger partial charge in [-0.05, 0) is 44.0 Å². The Bertz CT molecular complexity index is 633. The lowest BCUT2D eigenvalue weighted by Crippen LogP contribution is -2.42. The average Bonchev–Trinajstić information content (AvgIpc) is 3.02. The van der Waals surface area contributed by atoms with Crippen LogP contribution < -0.4 is 10.3 Å². The van der Waals surface area contributed by atoms with Crippen molar-refractivity contribution in [2.45, 2.75) is 40.0 Å². The molecule has 1 aromatic rings. The number of hydrogen-bond donors (Lipinski definition) is 2. The van der Waals surface area contributed by atoms with Crippen LogP contribution in [0.3, 0.4) is 0 Å². The molecule has 0 aromatic heterocycles. The number of hydrogen-bond acceptors (Lipinski definition) is 4. The van der Waals surface area contributed by atoms with E-state index in [0.717, 1.165) is 24.4 Å². The molecule has 2 N–H and O–H groups in total. The Balaban J connectivity index is 2.01. The molecule has 1 aliphatic rings. The highest BCUT2D eigenvalue weighted by Crippen LogP contribution is 2.26. The van der Waals surface area contributed by atoms with E-state index in [1.54, 1.807) is 12.1 Å². The first kappa shape index (κ1) is 18.0. The van der Waals surface area contributed by atoms with E-state index in [1.807, 2.05) is 37.9 Å². The third kappa shape index (κ3) is 3.75. The number of nitrogens with one attached hydrogen (secondary N) is 1. The lowest BCUT2D eigenvalue weighted by molar-refractivity contribution is -0.149. The summed E-state index contributed by atoms with van der Waals surface area (Å²) in [6.45, 7) is 6.64. The van der Waals surface area contributed by atoms with Crippen molar-refractivity contribution in [2.75, 3.05) is 18.1 Å². The van der Waals surface area contributed by atoms with E-state index >= 15 is 0 Å². The van der Waals surface area contributed by atoms with Gasteiger partial charge in [0, 0.05) is 30.8 Å². The molecular formula is C18H25N3O3. The number of rotatable bonds is 7. The predicted molar refractivity (Wildman–Crippen MR) is 94.5 cm³/mol. The highest BCUT2D eigenvalue weighted by molar-refractivity contribution is 5.95. The fourth-order valence-electron chi connectivity index (χ4n) is 2.78. The second-order valence-electron chi connectivity index (χ2n) is 6.23. The van der Waals surface area contributed by atoms with Crippen LogP contribution in [-0.2, 0) is 4.79 Å². The second kappa shape index (κ2) is 7.47. The first-order valence-corrected chi connectivity index (χ1v) is 8.35. The first-order valence-electron chi connectivity index (χ1n) is 8.35. The summed E-state index contributed by atoms with van der Waals surface area (Å²) in [4.78, 5) is 23.8. The molecule has 130 valence electrons. The third-order valence-electron chi connectivity index (χ3n) is 4.80. The van der Waals surface area contributed by atoms with E-state index in [9.17, 15) is 14.7 Å².